The zero-order valence-electron chi connectivity index (χ0n) is 18.4. The van der Waals surface area contributed by atoms with Crippen LogP contribution in [0.25, 0.3) is 10.9 Å². The smallest absolute Gasteiger partial charge is 0.255 e. The first-order valence-electron chi connectivity index (χ1n) is 10.6. The fraction of sp³-hybridized carbons (Fsp3) is 0.333. The SMILES string of the molecule is CC.CC(NCc1cc2ccc(Oc3ccccc3)cc2n(CCCN)c1=O)C(N)=O. The first-order valence-corrected chi connectivity index (χ1v) is 10.6. The highest BCUT2D eigenvalue weighted by Gasteiger charge is 2.13. The molecular formula is C24H32N4O3. The average Bonchev–Trinajstić information content (AvgIpc) is 2.79. The fourth-order valence-electron chi connectivity index (χ4n) is 3.06. The Balaban J connectivity index is 0.00000166. The normalized spacial score (nSPS) is 11.5. The van der Waals surface area contributed by atoms with E-state index in [-0.39, 0.29) is 12.1 Å². The lowest BCUT2D eigenvalue weighted by atomic mass is 10.1. The molecule has 0 spiro atoms. The lowest BCUT2D eigenvalue weighted by Gasteiger charge is -2.15. The van der Waals surface area contributed by atoms with E-state index >= 15 is 0 Å². The summed E-state index contributed by atoms with van der Waals surface area (Å²) in [6.07, 6.45) is 0.674. The van der Waals surface area contributed by atoms with Gasteiger partial charge in [-0.3, -0.25) is 9.59 Å². The van der Waals surface area contributed by atoms with Gasteiger partial charge in [0, 0.05) is 24.7 Å². The Kier molecular flexibility index (Phi) is 9.24. The summed E-state index contributed by atoms with van der Waals surface area (Å²) >= 11 is 0. The van der Waals surface area contributed by atoms with Crippen LogP contribution in [0.15, 0.2) is 59.4 Å². The van der Waals surface area contributed by atoms with Gasteiger partial charge >= 0.3 is 0 Å². The molecule has 0 radical (unpaired) electrons. The van der Waals surface area contributed by atoms with Gasteiger partial charge in [0.05, 0.1) is 11.6 Å². The van der Waals surface area contributed by atoms with Gasteiger partial charge in [-0.15, -0.1) is 0 Å². The summed E-state index contributed by atoms with van der Waals surface area (Å²) in [7, 11) is 0. The monoisotopic (exact) mass is 424 g/mol. The van der Waals surface area contributed by atoms with Crippen molar-refractivity contribution in [3.63, 3.8) is 0 Å². The molecule has 0 bridgehead atoms. The van der Waals surface area contributed by atoms with Gasteiger partial charge in [0.25, 0.3) is 5.56 Å². The molecule has 1 aromatic heterocycles. The van der Waals surface area contributed by atoms with Crippen molar-refractivity contribution in [1.82, 2.24) is 9.88 Å². The molecule has 0 saturated heterocycles. The van der Waals surface area contributed by atoms with E-state index in [1.165, 1.54) is 0 Å². The minimum absolute atomic E-state index is 0.119. The predicted molar refractivity (Wildman–Crippen MR) is 125 cm³/mol. The van der Waals surface area contributed by atoms with Gasteiger partial charge in [-0.1, -0.05) is 32.0 Å². The van der Waals surface area contributed by atoms with Crippen LogP contribution >= 0.6 is 0 Å². The predicted octanol–water partition coefficient (Wildman–Crippen LogP) is 3.13. The second-order valence-electron chi connectivity index (χ2n) is 6.91. The van der Waals surface area contributed by atoms with Crippen LogP contribution in [0.4, 0.5) is 0 Å². The van der Waals surface area contributed by atoms with Crippen molar-refractivity contribution >= 4 is 16.8 Å². The number of aryl methyl sites for hydroxylation is 1. The molecular weight excluding hydrogens is 392 g/mol. The van der Waals surface area contributed by atoms with E-state index < -0.39 is 11.9 Å². The van der Waals surface area contributed by atoms with Crippen molar-refractivity contribution in [2.45, 2.75) is 46.3 Å². The van der Waals surface area contributed by atoms with E-state index in [2.05, 4.69) is 5.32 Å². The van der Waals surface area contributed by atoms with E-state index in [4.69, 9.17) is 16.2 Å². The summed E-state index contributed by atoms with van der Waals surface area (Å²) < 4.78 is 7.63. The second kappa shape index (κ2) is 11.9. The number of rotatable bonds is 9. The molecule has 2 aromatic carbocycles. The Bertz CT molecular complexity index is 1050. The number of amides is 1. The van der Waals surface area contributed by atoms with Gasteiger partial charge < -0.3 is 26.1 Å². The maximum absolute atomic E-state index is 13.1. The number of hydrogen-bond acceptors (Lipinski definition) is 5. The third kappa shape index (κ3) is 6.41. The quantitative estimate of drug-likeness (QED) is 0.488. The van der Waals surface area contributed by atoms with Gasteiger partial charge in [-0.05, 0) is 55.6 Å². The van der Waals surface area contributed by atoms with Crippen molar-refractivity contribution in [1.29, 1.82) is 0 Å². The summed E-state index contributed by atoms with van der Waals surface area (Å²) in [6, 6.07) is 16.5. The first kappa shape index (κ1) is 24.1. The maximum Gasteiger partial charge on any atom is 0.255 e. The molecule has 0 fully saturated rings. The third-order valence-electron chi connectivity index (χ3n) is 4.73. The Hall–Kier alpha value is -3.16. The number of pyridine rings is 1. The molecule has 31 heavy (non-hydrogen) atoms. The highest BCUT2D eigenvalue weighted by molar-refractivity contribution is 5.81. The Labute approximate surface area is 183 Å². The first-order chi connectivity index (χ1) is 15.0. The van der Waals surface area contributed by atoms with E-state index in [0.29, 0.717) is 30.8 Å². The number of carbonyl (C=O) groups excluding carboxylic acids is 1. The number of aromatic nitrogens is 1. The molecule has 5 N–H and O–H groups in total. The molecule has 1 unspecified atom stereocenters. The standard InChI is InChI=1S/C22H26N4O3.C2H6/c1-15(21(24)27)25-14-17-12-16-8-9-19(29-18-6-3-2-4-7-18)13-20(16)26(22(17)28)11-5-10-23;1-2/h2-4,6-9,12-13,15,25H,5,10-11,14,23H2,1H3,(H2,24,27);1-2H3. The minimum atomic E-state index is -0.524. The van der Waals surface area contributed by atoms with Gasteiger partial charge in [0.2, 0.25) is 5.91 Å². The van der Waals surface area contributed by atoms with Crippen LogP contribution < -0.4 is 27.1 Å². The van der Waals surface area contributed by atoms with Crippen LogP contribution in [0.2, 0.25) is 0 Å². The number of para-hydroxylation sites is 1. The number of ether oxygens (including phenoxy) is 1. The Morgan fingerprint density at radius 1 is 1.10 bits per heavy atom. The number of carbonyl (C=O) groups is 1. The average molecular weight is 425 g/mol. The van der Waals surface area contributed by atoms with E-state index in [1.807, 2.05) is 68.4 Å². The molecule has 7 nitrogen and oxygen atoms in total. The number of nitrogens with one attached hydrogen (secondary N) is 1. The maximum atomic E-state index is 13.1. The van der Waals surface area contributed by atoms with Crippen LogP contribution in [-0.4, -0.2) is 23.1 Å². The van der Waals surface area contributed by atoms with Crippen LogP contribution in [0.5, 0.6) is 11.5 Å². The summed E-state index contributed by atoms with van der Waals surface area (Å²) in [5.41, 5.74) is 12.2. The largest absolute Gasteiger partial charge is 0.457 e. The zero-order chi connectivity index (χ0) is 22.8. The highest BCUT2D eigenvalue weighted by atomic mass is 16.5. The van der Waals surface area contributed by atoms with Crippen LogP contribution in [-0.2, 0) is 17.9 Å². The van der Waals surface area contributed by atoms with Gasteiger partial charge in [-0.2, -0.15) is 0 Å². The Morgan fingerprint density at radius 3 is 2.45 bits per heavy atom. The molecule has 0 saturated carbocycles. The second-order valence-corrected chi connectivity index (χ2v) is 6.91. The summed E-state index contributed by atoms with van der Waals surface area (Å²) in [5, 5.41) is 3.90. The van der Waals surface area contributed by atoms with Gasteiger partial charge in [-0.25, -0.2) is 0 Å². The minimum Gasteiger partial charge on any atom is -0.457 e. The molecule has 1 atom stereocenters. The van der Waals surface area contributed by atoms with E-state index in [1.54, 1.807) is 11.5 Å². The fourth-order valence-corrected chi connectivity index (χ4v) is 3.06. The van der Waals surface area contributed by atoms with Crippen molar-refractivity contribution in [3.8, 4) is 11.5 Å². The van der Waals surface area contributed by atoms with Crippen molar-refractivity contribution in [2.75, 3.05) is 6.54 Å². The summed E-state index contributed by atoms with van der Waals surface area (Å²) in [5.74, 6) is 0.915. The molecule has 7 heteroatoms. The molecule has 0 aliphatic carbocycles. The molecule has 1 amide bonds. The van der Waals surface area contributed by atoms with Gasteiger partial charge in [0.15, 0.2) is 0 Å². The molecule has 0 aliphatic rings. The lowest BCUT2D eigenvalue weighted by Crippen LogP contribution is -2.39. The van der Waals surface area contributed by atoms with Crippen molar-refractivity contribution in [3.05, 3.63) is 70.5 Å². The van der Waals surface area contributed by atoms with Crippen LogP contribution in [0, 0.1) is 0 Å². The molecule has 166 valence electrons. The topological polar surface area (TPSA) is 112 Å². The molecule has 0 aliphatic heterocycles. The molecule has 1 heterocycles. The zero-order valence-corrected chi connectivity index (χ0v) is 18.4. The highest BCUT2D eigenvalue weighted by Crippen LogP contribution is 2.25. The summed E-state index contributed by atoms with van der Waals surface area (Å²) in [6.45, 7) is 6.91. The number of hydrogen-bond donors (Lipinski definition) is 3. The number of fused-ring (bicyclic) bond motifs is 1. The van der Waals surface area contributed by atoms with Crippen LogP contribution in [0.3, 0.4) is 0 Å². The Morgan fingerprint density at radius 2 is 1.81 bits per heavy atom. The molecule has 3 aromatic rings. The lowest BCUT2D eigenvalue weighted by molar-refractivity contribution is -0.119. The van der Waals surface area contributed by atoms with Crippen molar-refractivity contribution < 1.29 is 9.53 Å². The van der Waals surface area contributed by atoms with E-state index in [0.717, 1.165) is 16.7 Å². The molecule has 3 rings (SSSR count). The summed E-state index contributed by atoms with van der Waals surface area (Å²) in [4.78, 5) is 24.3. The van der Waals surface area contributed by atoms with E-state index in [9.17, 15) is 9.59 Å². The number of primary amides is 1. The van der Waals surface area contributed by atoms with Crippen molar-refractivity contribution in [2.24, 2.45) is 11.5 Å². The number of nitrogens with zero attached hydrogens (tertiary/aromatic N) is 1. The van der Waals surface area contributed by atoms with Gasteiger partial charge in [0.1, 0.15) is 11.5 Å². The third-order valence-corrected chi connectivity index (χ3v) is 4.73. The number of nitrogens with two attached hydrogens (primary N) is 2. The number of benzene rings is 2. The van der Waals surface area contributed by atoms with Crippen LogP contribution in [0.1, 0.15) is 32.8 Å².